The second-order valence-corrected chi connectivity index (χ2v) is 4.61. The van der Waals surface area contributed by atoms with E-state index in [1.807, 2.05) is 0 Å². The molecule has 0 radical (unpaired) electrons. The molecule has 20 heavy (non-hydrogen) atoms. The van der Waals surface area contributed by atoms with Crippen molar-refractivity contribution in [3.05, 3.63) is 30.1 Å². The quantitative estimate of drug-likeness (QED) is 0.829. The molecule has 0 bridgehead atoms. The van der Waals surface area contributed by atoms with Crippen LogP contribution in [-0.2, 0) is 9.59 Å². The molecular formula is C13H15N3O4. The van der Waals surface area contributed by atoms with E-state index in [1.165, 1.54) is 16.0 Å². The summed E-state index contributed by atoms with van der Waals surface area (Å²) in [5.41, 5.74) is 0.347. The molecule has 2 heterocycles. The number of carbonyl (C=O) groups excluding carboxylic acids is 2. The van der Waals surface area contributed by atoms with Gasteiger partial charge in [-0.2, -0.15) is 0 Å². The van der Waals surface area contributed by atoms with E-state index in [4.69, 9.17) is 5.11 Å². The van der Waals surface area contributed by atoms with Gasteiger partial charge in [-0.15, -0.1) is 0 Å². The maximum atomic E-state index is 12.4. The van der Waals surface area contributed by atoms with E-state index in [9.17, 15) is 14.4 Å². The summed E-state index contributed by atoms with van der Waals surface area (Å²) in [6, 6.07) is 2.26. The number of amides is 2. The standard InChI is InChI=1S/C13H15N3O4/c1-15-5-6-16(10(13(15)20)7-11(17)18)12(19)9-3-2-4-14-8-9/h2-4,8,10H,5-7H2,1H3,(H,17,18). The van der Waals surface area contributed by atoms with Crippen LogP contribution < -0.4 is 0 Å². The first kappa shape index (κ1) is 14.0. The summed E-state index contributed by atoms with van der Waals surface area (Å²) >= 11 is 0. The van der Waals surface area contributed by atoms with Gasteiger partial charge < -0.3 is 14.9 Å². The van der Waals surface area contributed by atoms with Gasteiger partial charge in [0.05, 0.1) is 12.0 Å². The molecule has 0 aromatic carbocycles. The van der Waals surface area contributed by atoms with Gasteiger partial charge in [-0.1, -0.05) is 0 Å². The van der Waals surface area contributed by atoms with Gasteiger partial charge in [0.1, 0.15) is 6.04 Å². The zero-order valence-corrected chi connectivity index (χ0v) is 11.0. The number of pyridine rings is 1. The van der Waals surface area contributed by atoms with Gasteiger partial charge in [0.15, 0.2) is 0 Å². The van der Waals surface area contributed by atoms with E-state index in [1.54, 1.807) is 25.4 Å². The minimum atomic E-state index is -1.11. The number of carboxylic acid groups (broad SMARTS) is 1. The Bertz CT molecular complexity index is 532. The summed E-state index contributed by atoms with van der Waals surface area (Å²) < 4.78 is 0. The molecule has 7 nitrogen and oxygen atoms in total. The number of hydrogen-bond donors (Lipinski definition) is 1. The number of rotatable bonds is 3. The predicted octanol–water partition coefficient (Wildman–Crippen LogP) is -0.161. The molecule has 7 heteroatoms. The molecule has 1 aromatic heterocycles. The molecular weight excluding hydrogens is 262 g/mol. The number of carbonyl (C=O) groups is 3. The fourth-order valence-corrected chi connectivity index (χ4v) is 2.17. The van der Waals surface area contributed by atoms with Crippen molar-refractivity contribution < 1.29 is 19.5 Å². The Labute approximate surface area is 115 Å². The Hall–Kier alpha value is -2.44. The molecule has 0 spiro atoms. The van der Waals surface area contributed by atoms with E-state index in [2.05, 4.69) is 4.98 Å². The van der Waals surface area contributed by atoms with Crippen LogP contribution >= 0.6 is 0 Å². The Kier molecular flexibility index (Phi) is 3.97. The summed E-state index contributed by atoms with van der Waals surface area (Å²) in [7, 11) is 1.60. The van der Waals surface area contributed by atoms with Gasteiger partial charge in [0.25, 0.3) is 5.91 Å². The lowest BCUT2D eigenvalue weighted by Crippen LogP contribution is -2.58. The van der Waals surface area contributed by atoms with Crippen LogP contribution in [0.1, 0.15) is 16.8 Å². The lowest BCUT2D eigenvalue weighted by atomic mass is 10.1. The second kappa shape index (κ2) is 5.68. The van der Waals surface area contributed by atoms with E-state index in [0.717, 1.165) is 0 Å². The summed E-state index contributed by atoms with van der Waals surface area (Å²) in [6.07, 6.45) is 2.55. The number of aliphatic carboxylic acids is 1. The first-order valence-electron chi connectivity index (χ1n) is 6.18. The second-order valence-electron chi connectivity index (χ2n) is 4.61. The highest BCUT2D eigenvalue weighted by atomic mass is 16.4. The van der Waals surface area contributed by atoms with Crippen LogP contribution in [0.15, 0.2) is 24.5 Å². The zero-order chi connectivity index (χ0) is 14.7. The van der Waals surface area contributed by atoms with Crippen LogP contribution in [0.4, 0.5) is 0 Å². The van der Waals surface area contributed by atoms with Gasteiger partial charge in [0, 0.05) is 32.5 Å². The molecule has 2 amide bonds. The molecule has 1 saturated heterocycles. The Morgan fingerprint density at radius 1 is 1.45 bits per heavy atom. The highest BCUT2D eigenvalue weighted by Gasteiger charge is 2.37. The number of carboxylic acids is 1. The van der Waals surface area contributed by atoms with Crippen molar-refractivity contribution in [2.75, 3.05) is 20.1 Å². The maximum Gasteiger partial charge on any atom is 0.305 e. The third kappa shape index (κ3) is 2.76. The van der Waals surface area contributed by atoms with E-state index < -0.39 is 18.4 Å². The van der Waals surface area contributed by atoms with Crippen LogP contribution in [0.3, 0.4) is 0 Å². The van der Waals surface area contributed by atoms with Crippen LogP contribution in [-0.4, -0.2) is 63.9 Å². The monoisotopic (exact) mass is 277 g/mol. The highest BCUT2D eigenvalue weighted by Crippen LogP contribution is 2.16. The topological polar surface area (TPSA) is 90.8 Å². The average Bonchev–Trinajstić information content (AvgIpc) is 2.44. The maximum absolute atomic E-state index is 12.4. The van der Waals surface area contributed by atoms with Crippen molar-refractivity contribution in [1.82, 2.24) is 14.8 Å². The van der Waals surface area contributed by atoms with E-state index in [-0.39, 0.29) is 11.8 Å². The number of piperazine rings is 1. The summed E-state index contributed by atoms with van der Waals surface area (Å²) in [4.78, 5) is 41.9. The third-order valence-corrected chi connectivity index (χ3v) is 3.25. The molecule has 2 rings (SSSR count). The van der Waals surface area contributed by atoms with E-state index >= 15 is 0 Å². The molecule has 1 fully saturated rings. The number of hydrogen-bond acceptors (Lipinski definition) is 4. The molecule has 1 atom stereocenters. The molecule has 1 unspecified atom stereocenters. The number of likely N-dealkylation sites (N-methyl/N-ethyl adjacent to an activating group) is 1. The molecule has 106 valence electrons. The van der Waals surface area contributed by atoms with Gasteiger partial charge in [0.2, 0.25) is 5.91 Å². The van der Waals surface area contributed by atoms with Crippen molar-refractivity contribution >= 4 is 17.8 Å². The van der Waals surface area contributed by atoms with Crippen molar-refractivity contribution in [3.8, 4) is 0 Å². The minimum absolute atomic E-state index is 0.313. The zero-order valence-electron chi connectivity index (χ0n) is 11.0. The first-order valence-corrected chi connectivity index (χ1v) is 6.18. The third-order valence-electron chi connectivity index (χ3n) is 3.25. The van der Waals surface area contributed by atoms with Crippen LogP contribution in [0, 0.1) is 0 Å². The molecule has 1 aliphatic heterocycles. The smallest absolute Gasteiger partial charge is 0.305 e. The number of nitrogens with zero attached hydrogens (tertiary/aromatic N) is 3. The molecule has 0 aliphatic carbocycles. The lowest BCUT2D eigenvalue weighted by molar-refractivity contribution is -0.146. The van der Waals surface area contributed by atoms with Gasteiger partial charge in [-0.05, 0) is 12.1 Å². The Morgan fingerprint density at radius 3 is 2.80 bits per heavy atom. The van der Waals surface area contributed by atoms with Gasteiger partial charge in [-0.25, -0.2) is 0 Å². The van der Waals surface area contributed by atoms with E-state index in [0.29, 0.717) is 18.7 Å². The Morgan fingerprint density at radius 2 is 2.20 bits per heavy atom. The SMILES string of the molecule is CN1CCN(C(=O)c2cccnc2)C(CC(=O)O)C1=O. The van der Waals surface area contributed by atoms with Crippen molar-refractivity contribution in [2.24, 2.45) is 0 Å². The molecule has 1 aromatic rings. The van der Waals surface area contributed by atoms with Gasteiger partial charge >= 0.3 is 5.97 Å². The van der Waals surface area contributed by atoms with Crippen LogP contribution in [0.5, 0.6) is 0 Å². The summed E-state index contributed by atoms with van der Waals surface area (Å²) in [6.45, 7) is 0.703. The minimum Gasteiger partial charge on any atom is -0.481 e. The van der Waals surface area contributed by atoms with Crippen LogP contribution in [0.25, 0.3) is 0 Å². The summed E-state index contributed by atoms with van der Waals surface area (Å²) in [5, 5.41) is 8.92. The predicted molar refractivity (Wildman–Crippen MR) is 69.0 cm³/mol. The lowest BCUT2D eigenvalue weighted by Gasteiger charge is -2.38. The first-order chi connectivity index (χ1) is 9.50. The van der Waals surface area contributed by atoms with Crippen LogP contribution in [0.2, 0.25) is 0 Å². The van der Waals surface area contributed by atoms with Crippen molar-refractivity contribution in [2.45, 2.75) is 12.5 Å². The Balaban J connectivity index is 2.25. The molecule has 0 saturated carbocycles. The average molecular weight is 277 g/mol. The fourth-order valence-electron chi connectivity index (χ4n) is 2.17. The molecule has 1 N–H and O–H groups in total. The van der Waals surface area contributed by atoms with Gasteiger partial charge in [-0.3, -0.25) is 19.4 Å². The highest BCUT2D eigenvalue weighted by molar-refractivity contribution is 5.98. The number of aromatic nitrogens is 1. The molecule has 1 aliphatic rings. The normalized spacial score (nSPS) is 19.1. The van der Waals surface area contributed by atoms with Crippen molar-refractivity contribution in [3.63, 3.8) is 0 Å². The van der Waals surface area contributed by atoms with Crippen molar-refractivity contribution in [1.29, 1.82) is 0 Å². The summed E-state index contributed by atoms with van der Waals surface area (Å²) in [5.74, 6) is -1.83. The largest absolute Gasteiger partial charge is 0.481 e. The fraction of sp³-hybridized carbons (Fsp3) is 0.385.